The Hall–Kier alpha value is -3.80. The van der Waals surface area contributed by atoms with Gasteiger partial charge in [0.1, 0.15) is 5.82 Å². The van der Waals surface area contributed by atoms with Gasteiger partial charge in [-0.25, -0.2) is 9.82 Å². The van der Waals surface area contributed by atoms with Crippen molar-refractivity contribution in [3.05, 3.63) is 101 Å². The number of benzene rings is 3. The summed E-state index contributed by atoms with van der Waals surface area (Å²) in [5, 5.41) is 6.97. The van der Waals surface area contributed by atoms with Crippen LogP contribution in [0, 0.1) is 11.7 Å². The van der Waals surface area contributed by atoms with Crippen LogP contribution in [0.2, 0.25) is 0 Å². The first-order valence-corrected chi connectivity index (χ1v) is 11.7. The van der Waals surface area contributed by atoms with E-state index >= 15 is 0 Å². The fraction of sp³-hybridized carbons (Fsp3) is 0.276. The van der Waals surface area contributed by atoms with Gasteiger partial charge >= 0.3 is 0 Å². The van der Waals surface area contributed by atoms with Crippen LogP contribution in [0.25, 0.3) is 0 Å². The Bertz CT molecular complexity index is 1280. The van der Waals surface area contributed by atoms with Crippen LogP contribution in [0.5, 0.6) is 0 Å². The Balaban J connectivity index is 1.36. The molecule has 6 heteroatoms. The molecule has 0 bridgehead atoms. The predicted molar refractivity (Wildman–Crippen MR) is 137 cm³/mol. The van der Waals surface area contributed by atoms with Crippen LogP contribution in [0.4, 0.5) is 10.1 Å². The molecule has 0 aromatic heterocycles. The normalized spacial score (nSPS) is 17.6. The number of anilines is 1. The minimum absolute atomic E-state index is 0.0254. The third-order valence-electron chi connectivity index (χ3n) is 6.32. The molecular weight excluding hydrogens is 441 g/mol. The summed E-state index contributed by atoms with van der Waals surface area (Å²) < 4.78 is 13.9. The van der Waals surface area contributed by atoms with Gasteiger partial charge < -0.3 is 5.32 Å². The average Bonchev–Trinajstić information content (AvgIpc) is 3.63. The van der Waals surface area contributed by atoms with Gasteiger partial charge in [-0.1, -0.05) is 69.3 Å². The minimum atomic E-state index is -0.579. The molecule has 2 N–H and O–H groups in total. The summed E-state index contributed by atoms with van der Waals surface area (Å²) in [6.45, 7) is 8.33. The first-order valence-electron chi connectivity index (χ1n) is 11.7. The van der Waals surface area contributed by atoms with Crippen molar-refractivity contribution in [3.63, 3.8) is 0 Å². The van der Waals surface area contributed by atoms with E-state index in [-0.39, 0.29) is 28.7 Å². The average molecular weight is 472 g/mol. The van der Waals surface area contributed by atoms with Gasteiger partial charge in [-0.15, -0.1) is 0 Å². The lowest BCUT2D eigenvalue weighted by molar-refractivity contribution is -0.122. The van der Waals surface area contributed by atoms with Crippen molar-refractivity contribution in [2.75, 3.05) is 5.32 Å². The van der Waals surface area contributed by atoms with E-state index in [0.29, 0.717) is 11.4 Å². The molecule has 1 aliphatic rings. The SMILES string of the molecule is CC(=NNC(=O)[C@H]1C[C@@H]1c1ccc(C(C)(C)C)cc1)c1cccc(NC(=O)c2ccccc2F)c1. The molecule has 1 saturated carbocycles. The van der Waals surface area contributed by atoms with Crippen LogP contribution in [-0.2, 0) is 10.2 Å². The Kier molecular flexibility index (Phi) is 6.83. The number of rotatable bonds is 6. The second-order valence-corrected chi connectivity index (χ2v) is 10.0. The molecule has 5 nitrogen and oxygen atoms in total. The van der Waals surface area contributed by atoms with Crippen LogP contribution in [0.1, 0.15) is 67.1 Å². The number of amides is 2. The first kappa shape index (κ1) is 24.3. The summed E-state index contributed by atoms with van der Waals surface area (Å²) in [6.07, 6.45) is 0.812. The van der Waals surface area contributed by atoms with Gasteiger partial charge in [0.05, 0.1) is 11.3 Å². The van der Waals surface area contributed by atoms with E-state index in [0.717, 1.165) is 12.0 Å². The molecule has 1 fully saturated rings. The lowest BCUT2D eigenvalue weighted by atomic mass is 9.86. The van der Waals surface area contributed by atoms with Crippen molar-refractivity contribution < 1.29 is 14.0 Å². The van der Waals surface area contributed by atoms with Crippen molar-refractivity contribution >= 4 is 23.2 Å². The maximum Gasteiger partial charge on any atom is 0.258 e. The monoisotopic (exact) mass is 471 g/mol. The summed E-state index contributed by atoms with van der Waals surface area (Å²) in [6, 6.07) is 21.4. The highest BCUT2D eigenvalue weighted by Crippen LogP contribution is 2.47. The van der Waals surface area contributed by atoms with Gasteiger partial charge in [0.15, 0.2) is 0 Å². The lowest BCUT2D eigenvalue weighted by Gasteiger charge is -2.19. The van der Waals surface area contributed by atoms with Crippen molar-refractivity contribution in [1.82, 2.24) is 5.43 Å². The number of carbonyl (C=O) groups excluding carboxylic acids is 2. The molecule has 35 heavy (non-hydrogen) atoms. The molecule has 0 saturated heterocycles. The summed E-state index contributed by atoms with van der Waals surface area (Å²) in [7, 11) is 0. The summed E-state index contributed by atoms with van der Waals surface area (Å²) in [5.74, 6) is -1.07. The van der Waals surface area contributed by atoms with Gasteiger partial charge in [0.2, 0.25) is 5.91 Å². The van der Waals surface area contributed by atoms with Crippen molar-refractivity contribution in [3.8, 4) is 0 Å². The van der Waals surface area contributed by atoms with Gasteiger partial charge in [0.25, 0.3) is 5.91 Å². The Morgan fingerprint density at radius 1 is 0.971 bits per heavy atom. The largest absolute Gasteiger partial charge is 0.322 e. The van der Waals surface area contributed by atoms with Gasteiger partial charge in [-0.3, -0.25) is 9.59 Å². The summed E-state index contributed by atoms with van der Waals surface area (Å²) >= 11 is 0. The van der Waals surface area contributed by atoms with E-state index in [1.807, 2.05) is 6.07 Å². The molecule has 2 atom stereocenters. The Morgan fingerprint density at radius 3 is 2.37 bits per heavy atom. The van der Waals surface area contributed by atoms with Crippen LogP contribution < -0.4 is 10.7 Å². The fourth-order valence-corrected chi connectivity index (χ4v) is 4.04. The Labute approximate surface area is 205 Å². The molecule has 0 aliphatic heterocycles. The summed E-state index contributed by atoms with van der Waals surface area (Å²) in [5.41, 5.74) is 7.06. The molecule has 3 aromatic rings. The highest BCUT2D eigenvalue weighted by Gasteiger charge is 2.44. The van der Waals surface area contributed by atoms with Crippen LogP contribution in [-0.4, -0.2) is 17.5 Å². The zero-order chi connectivity index (χ0) is 25.2. The highest BCUT2D eigenvalue weighted by molar-refractivity contribution is 6.06. The predicted octanol–water partition coefficient (Wildman–Crippen LogP) is 6.02. The molecular formula is C29H30FN3O2. The number of nitrogens with zero attached hydrogens (tertiary/aromatic N) is 1. The second-order valence-electron chi connectivity index (χ2n) is 10.0. The molecule has 0 heterocycles. The number of halogens is 1. The number of hydrogen-bond donors (Lipinski definition) is 2. The third kappa shape index (κ3) is 5.83. The number of hydrogen-bond acceptors (Lipinski definition) is 3. The quantitative estimate of drug-likeness (QED) is 0.341. The van der Waals surface area contributed by atoms with Crippen LogP contribution in [0.15, 0.2) is 77.9 Å². The number of nitrogens with one attached hydrogen (secondary N) is 2. The molecule has 3 aromatic carbocycles. The van der Waals surface area contributed by atoms with Gasteiger partial charge in [-0.2, -0.15) is 5.10 Å². The topological polar surface area (TPSA) is 70.6 Å². The maximum absolute atomic E-state index is 13.9. The second kappa shape index (κ2) is 9.82. The van der Waals surface area contributed by atoms with E-state index in [4.69, 9.17) is 0 Å². The zero-order valence-corrected chi connectivity index (χ0v) is 20.4. The molecule has 2 amide bonds. The molecule has 1 aliphatic carbocycles. The lowest BCUT2D eigenvalue weighted by Crippen LogP contribution is -2.21. The molecule has 0 spiro atoms. The number of hydrazone groups is 1. The van der Waals surface area contributed by atoms with E-state index in [1.54, 1.807) is 31.2 Å². The van der Waals surface area contributed by atoms with E-state index in [2.05, 4.69) is 60.9 Å². The van der Waals surface area contributed by atoms with Crippen molar-refractivity contribution in [2.45, 2.75) is 45.4 Å². The fourth-order valence-electron chi connectivity index (χ4n) is 4.04. The Morgan fingerprint density at radius 2 is 1.69 bits per heavy atom. The third-order valence-corrected chi connectivity index (χ3v) is 6.32. The van der Waals surface area contributed by atoms with E-state index in [1.165, 1.54) is 29.3 Å². The van der Waals surface area contributed by atoms with Crippen LogP contribution >= 0.6 is 0 Å². The van der Waals surface area contributed by atoms with E-state index < -0.39 is 11.7 Å². The highest BCUT2D eigenvalue weighted by atomic mass is 19.1. The van der Waals surface area contributed by atoms with Gasteiger partial charge in [0, 0.05) is 11.6 Å². The van der Waals surface area contributed by atoms with Crippen molar-refractivity contribution in [1.29, 1.82) is 0 Å². The zero-order valence-electron chi connectivity index (χ0n) is 20.4. The summed E-state index contributed by atoms with van der Waals surface area (Å²) in [4.78, 5) is 25.0. The first-order chi connectivity index (χ1) is 16.6. The van der Waals surface area contributed by atoms with E-state index in [9.17, 15) is 14.0 Å². The molecule has 0 radical (unpaired) electrons. The molecule has 4 rings (SSSR count). The number of carbonyl (C=O) groups is 2. The molecule has 180 valence electrons. The molecule has 0 unspecified atom stereocenters. The van der Waals surface area contributed by atoms with Crippen LogP contribution in [0.3, 0.4) is 0 Å². The standard InChI is InChI=1S/C29H30FN3O2/c1-18(20-8-7-9-22(16-20)31-27(34)23-10-5-6-11-26(23)30)32-33-28(35)25-17-24(25)19-12-14-21(15-13-19)29(2,3)4/h5-16,24-25H,17H2,1-4H3,(H,31,34)(H,33,35)/t24-,25+/m1/s1. The van der Waals surface area contributed by atoms with Gasteiger partial charge in [-0.05, 0) is 65.6 Å². The smallest absolute Gasteiger partial charge is 0.258 e. The maximum atomic E-state index is 13.9. The minimum Gasteiger partial charge on any atom is -0.322 e. The van der Waals surface area contributed by atoms with Crippen molar-refractivity contribution in [2.24, 2.45) is 11.0 Å².